The lowest BCUT2D eigenvalue weighted by Gasteiger charge is -2.19. The number of anilines is 2. The molecule has 1 aromatic carbocycles. The third-order valence-electron chi connectivity index (χ3n) is 2.87. The number of nitrogen functional groups attached to an aromatic ring is 1. The van der Waals surface area contributed by atoms with Crippen LogP contribution in [0.5, 0.6) is 0 Å². The standard InChI is InChI=1S/C13H21BrN2/c1-4-9(2)7-10(3)16-13-8-11(14)5-6-12(13)15/h5-6,8-10,16H,4,7,15H2,1-3H3. The van der Waals surface area contributed by atoms with E-state index in [9.17, 15) is 0 Å². The van der Waals surface area contributed by atoms with Crippen molar-refractivity contribution >= 4 is 27.3 Å². The quantitative estimate of drug-likeness (QED) is 0.793. The van der Waals surface area contributed by atoms with Crippen LogP contribution in [0, 0.1) is 5.92 Å². The average Bonchev–Trinajstić information content (AvgIpc) is 2.23. The van der Waals surface area contributed by atoms with Crippen LogP contribution in [0.4, 0.5) is 11.4 Å². The van der Waals surface area contributed by atoms with E-state index in [1.807, 2.05) is 18.2 Å². The highest BCUT2D eigenvalue weighted by Crippen LogP contribution is 2.25. The first-order valence-electron chi connectivity index (χ1n) is 5.84. The number of hydrogen-bond donors (Lipinski definition) is 2. The summed E-state index contributed by atoms with van der Waals surface area (Å²) in [6.45, 7) is 6.71. The average molecular weight is 285 g/mol. The first-order chi connectivity index (χ1) is 7.52. The van der Waals surface area contributed by atoms with Crippen molar-refractivity contribution in [2.24, 2.45) is 5.92 Å². The second kappa shape index (κ2) is 6.14. The van der Waals surface area contributed by atoms with Gasteiger partial charge in [-0.1, -0.05) is 36.2 Å². The van der Waals surface area contributed by atoms with Crippen molar-refractivity contribution in [1.29, 1.82) is 0 Å². The van der Waals surface area contributed by atoms with E-state index in [-0.39, 0.29) is 0 Å². The predicted molar refractivity (Wildman–Crippen MR) is 75.7 cm³/mol. The lowest BCUT2D eigenvalue weighted by Crippen LogP contribution is -2.19. The van der Waals surface area contributed by atoms with E-state index in [0.29, 0.717) is 6.04 Å². The van der Waals surface area contributed by atoms with Gasteiger partial charge in [0.25, 0.3) is 0 Å². The Morgan fingerprint density at radius 1 is 1.38 bits per heavy atom. The second-order valence-electron chi connectivity index (χ2n) is 4.53. The minimum absolute atomic E-state index is 0.451. The van der Waals surface area contributed by atoms with Gasteiger partial charge in [0.2, 0.25) is 0 Å². The molecular weight excluding hydrogens is 264 g/mol. The maximum atomic E-state index is 5.92. The summed E-state index contributed by atoms with van der Waals surface area (Å²) in [7, 11) is 0. The van der Waals surface area contributed by atoms with Crippen LogP contribution in [-0.4, -0.2) is 6.04 Å². The Kier molecular flexibility index (Phi) is 5.13. The lowest BCUT2D eigenvalue weighted by atomic mass is 10.0. The molecular formula is C13H21BrN2. The van der Waals surface area contributed by atoms with Crippen LogP contribution in [0.25, 0.3) is 0 Å². The molecule has 0 fully saturated rings. The number of rotatable bonds is 5. The van der Waals surface area contributed by atoms with Gasteiger partial charge < -0.3 is 11.1 Å². The van der Waals surface area contributed by atoms with Gasteiger partial charge in [0, 0.05) is 10.5 Å². The summed E-state index contributed by atoms with van der Waals surface area (Å²) in [4.78, 5) is 0. The van der Waals surface area contributed by atoms with Crippen molar-refractivity contribution in [2.75, 3.05) is 11.1 Å². The van der Waals surface area contributed by atoms with Crippen LogP contribution >= 0.6 is 15.9 Å². The number of benzene rings is 1. The molecule has 0 heterocycles. The molecule has 2 unspecified atom stereocenters. The van der Waals surface area contributed by atoms with Crippen molar-refractivity contribution in [3.63, 3.8) is 0 Å². The fourth-order valence-corrected chi connectivity index (χ4v) is 2.11. The van der Waals surface area contributed by atoms with Gasteiger partial charge in [0.1, 0.15) is 0 Å². The molecule has 0 aliphatic rings. The SMILES string of the molecule is CCC(C)CC(C)Nc1cc(Br)ccc1N. The third-order valence-corrected chi connectivity index (χ3v) is 3.36. The minimum Gasteiger partial charge on any atom is -0.397 e. The zero-order valence-corrected chi connectivity index (χ0v) is 11.8. The Labute approximate surface area is 107 Å². The van der Waals surface area contributed by atoms with Gasteiger partial charge in [0.15, 0.2) is 0 Å². The molecule has 1 aromatic rings. The van der Waals surface area contributed by atoms with Crippen molar-refractivity contribution in [2.45, 2.75) is 39.7 Å². The molecule has 0 bridgehead atoms. The highest BCUT2D eigenvalue weighted by molar-refractivity contribution is 9.10. The summed E-state index contributed by atoms with van der Waals surface area (Å²) >= 11 is 3.46. The Hall–Kier alpha value is -0.700. The van der Waals surface area contributed by atoms with Gasteiger partial charge in [-0.05, 0) is 37.5 Å². The summed E-state index contributed by atoms with van der Waals surface area (Å²) in [6.07, 6.45) is 2.39. The zero-order valence-electron chi connectivity index (χ0n) is 10.3. The number of nitrogens with two attached hydrogens (primary N) is 1. The number of hydrogen-bond acceptors (Lipinski definition) is 2. The Morgan fingerprint density at radius 3 is 2.69 bits per heavy atom. The lowest BCUT2D eigenvalue weighted by molar-refractivity contribution is 0.484. The molecule has 0 aliphatic heterocycles. The van der Waals surface area contributed by atoms with Gasteiger partial charge in [-0.25, -0.2) is 0 Å². The zero-order chi connectivity index (χ0) is 12.1. The molecule has 3 heteroatoms. The summed E-state index contributed by atoms with van der Waals surface area (Å²) in [5.74, 6) is 0.746. The molecule has 0 radical (unpaired) electrons. The molecule has 0 aliphatic carbocycles. The van der Waals surface area contributed by atoms with E-state index >= 15 is 0 Å². The molecule has 0 saturated carbocycles. The van der Waals surface area contributed by atoms with Crippen LogP contribution in [0.1, 0.15) is 33.6 Å². The second-order valence-corrected chi connectivity index (χ2v) is 5.44. The van der Waals surface area contributed by atoms with Gasteiger partial charge in [0.05, 0.1) is 11.4 Å². The van der Waals surface area contributed by atoms with Crippen molar-refractivity contribution in [3.05, 3.63) is 22.7 Å². The molecule has 0 amide bonds. The third kappa shape index (κ3) is 4.05. The normalized spacial score (nSPS) is 14.5. The highest BCUT2D eigenvalue weighted by Gasteiger charge is 2.08. The molecule has 0 spiro atoms. The van der Waals surface area contributed by atoms with E-state index in [1.54, 1.807) is 0 Å². The Bertz CT molecular complexity index is 339. The van der Waals surface area contributed by atoms with Crippen LogP contribution in [-0.2, 0) is 0 Å². The minimum atomic E-state index is 0.451. The summed E-state index contributed by atoms with van der Waals surface area (Å²) in [5, 5.41) is 3.46. The van der Waals surface area contributed by atoms with Gasteiger partial charge in [-0.15, -0.1) is 0 Å². The molecule has 1 rings (SSSR count). The van der Waals surface area contributed by atoms with Crippen LogP contribution in [0.15, 0.2) is 22.7 Å². The smallest absolute Gasteiger partial charge is 0.0587 e. The first-order valence-corrected chi connectivity index (χ1v) is 6.63. The fraction of sp³-hybridized carbons (Fsp3) is 0.538. The first kappa shape index (κ1) is 13.4. The number of halogens is 1. The van der Waals surface area contributed by atoms with Crippen LogP contribution < -0.4 is 11.1 Å². The predicted octanol–water partition coefficient (Wildman–Crippen LogP) is 4.27. The molecule has 0 saturated heterocycles. The van der Waals surface area contributed by atoms with Crippen LogP contribution in [0.3, 0.4) is 0 Å². The molecule has 2 nitrogen and oxygen atoms in total. The van der Waals surface area contributed by atoms with E-state index in [2.05, 4.69) is 42.0 Å². The van der Waals surface area contributed by atoms with Crippen molar-refractivity contribution < 1.29 is 0 Å². The van der Waals surface area contributed by atoms with Crippen LogP contribution in [0.2, 0.25) is 0 Å². The van der Waals surface area contributed by atoms with Crippen molar-refractivity contribution in [1.82, 2.24) is 0 Å². The maximum absolute atomic E-state index is 5.92. The molecule has 90 valence electrons. The van der Waals surface area contributed by atoms with E-state index in [0.717, 1.165) is 21.8 Å². The molecule has 2 atom stereocenters. The van der Waals surface area contributed by atoms with E-state index in [4.69, 9.17) is 5.73 Å². The van der Waals surface area contributed by atoms with Gasteiger partial charge in [-0.3, -0.25) is 0 Å². The largest absolute Gasteiger partial charge is 0.397 e. The van der Waals surface area contributed by atoms with Gasteiger partial charge >= 0.3 is 0 Å². The van der Waals surface area contributed by atoms with E-state index in [1.165, 1.54) is 12.8 Å². The highest BCUT2D eigenvalue weighted by atomic mass is 79.9. The topological polar surface area (TPSA) is 38.0 Å². The molecule has 16 heavy (non-hydrogen) atoms. The summed E-state index contributed by atoms with van der Waals surface area (Å²) < 4.78 is 1.06. The molecule has 0 aromatic heterocycles. The van der Waals surface area contributed by atoms with Gasteiger partial charge in [-0.2, -0.15) is 0 Å². The fourth-order valence-electron chi connectivity index (χ4n) is 1.75. The Morgan fingerprint density at radius 2 is 2.06 bits per heavy atom. The monoisotopic (exact) mass is 284 g/mol. The van der Waals surface area contributed by atoms with E-state index < -0.39 is 0 Å². The molecule has 3 N–H and O–H groups in total. The van der Waals surface area contributed by atoms with Crippen molar-refractivity contribution in [3.8, 4) is 0 Å². The summed E-state index contributed by atoms with van der Waals surface area (Å²) in [5.41, 5.74) is 7.74. The summed E-state index contributed by atoms with van der Waals surface area (Å²) in [6, 6.07) is 6.36. The Balaban J connectivity index is 2.61. The maximum Gasteiger partial charge on any atom is 0.0587 e. The number of nitrogens with one attached hydrogen (secondary N) is 1.